The van der Waals surface area contributed by atoms with Gasteiger partial charge in [-0.1, -0.05) is 129 Å². The zero-order valence-electron chi connectivity index (χ0n) is 28.3. The molecule has 0 bridgehead atoms. The van der Waals surface area contributed by atoms with Gasteiger partial charge in [0.25, 0.3) is 0 Å². The minimum atomic E-state index is -0.150. The van der Waals surface area contributed by atoms with Crippen LogP contribution in [-0.4, -0.2) is 19.1 Å². The maximum absolute atomic E-state index is 5.36. The summed E-state index contributed by atoms with van der Waals surface area (Å²) in [6.45, 7) is 4.74. The van der Waals surface area contributed by atoms with Gasteiger partial charge >= 0.3 is 0 Å². The second kappa shape index (κ2) is 10.3. The summed E-state index contributed by atoms with van der Waals surface area (Å²) in [6.07, 6.45) is 0. The number of hydrogen-bond donors (Lipinski definition) is 0. The molecule has 7 aromatic carbocycles. The van der Waals surface area contributed by atoms with Crippen molar-refractivity contribution in [2.24, 2.45) is 0 Å². The minimum absolute atomic E-state index is 0.150. The predicted molar refractivity (Wildman–Crippen MR) is 211 cm³/mol. The summed E-state index contributed by atoms with van der Waals surface area (Å²) in [7, 11) is 0. The smallest absolute Gasteiger partial charge is 0.165 e. The Hall–Kier alpha value is -6.52. The SMILES string of the molecule is CC1(C)c2ccccc2-c2cccc(-n3c4ccccc4c4cc5c(cc43)c3ccccc3n5-c3nc4ccccc4nc3-c3ccccc3)c21. The topological polar surface area (TPSA) is 35.6 Å². The van der Waals surface area contributed by atoms with Crippen molar-refractivity contribution in [1.82, 2.24) is 19.1 Å². The quantitative estimate of drug-likeness (QED) is 0.190. The van der Waals surface area contributed by atoms with E-state index in [-0.39, 0.29) is 5.41 Å². The van der Waals surface area contributed by atoms with Gasteiger partial charge in [-0.2, -0.15) is 0 Å². The molecule has 3 aromatic heterocycles. The first kappa shape index (κ1) is 28.3. The molecule has 0 aliphatic heterocycles. The van der Waals surface area contributed by atoms with E-state index >= 15 is 0 Å². The van der Waals surface area contributed by atoms with Gasteiger partial charge < -0.3 is 4.57 Å². The van der Waals surface area contributed by atoms with Crippen LogP contribution in [0.2, 0.25) is 0 Å². The van der Waals surface area contributed by atoms with Crippen LogP contribution >= 0.6 is 0 Å². The van der Waals surface area contributed by atoms with Crippen molar-refractivity contribution in [2.75, 3.05) is 0 Å². The Morgan fingerprint density at radius 1 is 0.451 bits per heavy atom. The molecule has 0 unspecified atom stereocenters. The summed E-state index contributed by atoms with van der Waals surface area (Å²) in [5.41, 5.74) is 14.7. The highest BCUT2D eigenvalue weighted by molar-refractivity contribution is 6.19. The lowest BCUT2D eigenvalue weighted by Crippen LogP contribution is -2.18. The monoisotopic (exact) mass is 652 g/mol. The molecule has 3 heterocycles. The van der Waals surface area contributed by atoms with Crippen molar-refractivity contribution in [3.8, 4) is 33.9 Å². The molecule has 0 N–H and O–H groups in total. The van der Waals surface area contributed by atoms with Gasteiger partial charge in [0.1, 0.15) is 5.69 Å². The van der Waals surface area contributed by atoms with Crippen LogP contribution in [0.1, 0.15) is 25.0 Å². The van der Waals surface area contributed by atoms with Crippen LogP contribution in [-0.2, 0) is 5.41 Å². The van der Waals surface area contributed by atoms with Crippen LogP contribution in [0.25, 0.3) is 88.5 Å². The molecule has 51 heavy (non-hydrogen) atoms. The van der Waals surface area contributed by atoms with Crippen LogP contribution in [0.3, 0.4) is 0 Å². The standard InChI is InChI=1S/C47H32N4/c1-47(2)36-21-9-6-17-30(36)33-20-14-26-41(44(33)47)50-39-24-12-7-18-31(39)34-28-43-35(27-42(34)50)32-19-8-13-25-40(32)51(43)46-45(29-15-4-3-5-16-29)48-37-22-10-11-23-38(37)49-46/h3-28H,1-2H3. The van der Waals surface area contributed by atoms with Crippen molar-refractivity contribution in [2.45, 2.75) is 19.3 Å². The van der Waals surface area contributed by atoms with Gasteiger partial charge in [-0.15, -0.1) is 0 Å². The van der Waals surface area contributed by atoms with E-state index in [9.17, 15) is 0 Å². The lowest BCUT2D eigenvalue weighted by Gasteiger charge is -2.25. The number of para-hydroxylation sites is 4. The summed E-state index contributed by atoms with van der Waals surface area (Å²) < 4.78 is 4.84. The molecule has 0 saturated heterocycles. The van der Waals surface area contributed by atoms with Gasteiger partial charge in [0, 0.05) is 32.5 Å². The summed E-state index contributed by atoms with van der Waals surface area (Å²) >= 11 is 0. The average molecular weight is 653 g/mol. The molecule has 0 amide bonds. The molecule has 4 nitrogen and oxygen atoms in total. The molecule has 0 spiro atoms. The second-order valence-electron chi connectivity index (χ2n) is 14.2. The summed E-state index contributed by atoms with van der Waals surface area (Å²) in [6, 6.07) is 56.7. The van der Waals surface area contributed by atoms with Gasteiger partial charge in [-0.25, -0.2) is 9.97 Å². The highest BCUT2D eigenvalue weighted by atomic mass is 15.1. The third-order valence-corrected chi connectivity index (χ3v) is 11.1. The molecular weight excluding hydrogens is 621 g/mol. The lowest BCUT2D eigenvalue weighted by atomic mass is 9.81. The van der Waals surface area contributed by atoms with E-state index in [2.05, 4.69) is 156 Å². The molecule has 0 atom stereocenters. The first-order valence-electron chi connectivity index (χ1n) is 17.6. The normalized spacial score (nSPS) is 13.5. The Balaban J connectivity index is 1.27. The van der Waals surface area contributed by atoms with Gasteiger partial charge in [-0.3, -0.25) is 4.57 Å². The van der Waals surface area contributed by atoms with E-state index in [4.69, 9.17) is 9.97 Å². The molecular formula is C47H32N4. The number of hydrogen-bond acceptors (Lipinski definition) is 2. The first-order chi connectivity index (χ1) is 25.1. The summed E-state index contributed by atoms with van der Waals surface area (Å²) in [5.74, 6) is 0.828. The molecule has 1 aliphatic carbocycles. The van der Waals surface area contributed by atoms with Crippen LogP contribution in [0.4, 0.5) is 0 Å². The van der Waals surface area contributed by atoms with Gasteiger partial charge in [-0.05, 0) is 64.7 Å². The van der Waals surface area contributed by atoms with Crippen molar-refractivity contribution < 1.29 is 0 Å². The van der Waals surface area contributed by atoms with E-state index < -0.39 is 0 Å². The lowest BCUT2D eigenvalue weighted by molar-refractivity contribution is 0.656. The third-order valence-electron chi connectivity index (χ3n) is 11.1. The Labute approximate surface area is 294 Å². The number of nitrogens with zero attached hydrogens (tertiary/aromatic N) is 4. The van der Waals surface area contributed by atoms with Crippen LogP contribution < -0.4 is 0 Å². The van der Waals surface area contributed by atoms with Crippen LogP contribution in [0.15, 0.2) is 158 Å². The van der Waals surface area contributed by atoms with E-state index in [0.29, 0.717) is 0 Å². The van der Waals surface area contributed by atoms with Gasteiger partial charge in [0.05, 0.1) is 38.8 Å². The fourth-order valence-corrected chi connectivity index (χ4v) is 8.86. The fourth-order valence-electron chi connectivity index (χ4n) is 8.86. The van der Waals surface area contributed by atoms with Crippen LogP contribution in [0, 0.1) is 0 Å². The minimum Gasteiger partial charge on any atom is -0.309 e. The first-order valence-corrected chi connectivity index (χ1v) is 17.6. The van der Waals surface area contributed by atoms with E-state index in [0.717, 1.165) is 39.1 Å². The molecule has 11 rings (SSSR count). The highest BCUT2D eigenvalue weighted by Crippen LogP contribution is 2.52. The zero-order chi connectivity index (χ0) is 33.8. The molecule has 0 fully saturated rings. The molecule has 240 valence electrons. The fraction of sp³-hybridized carbons (Fsp3) is 0.0638. The van der Waals surface area contributed by atoms with Crippen molar-refractivity contribution in [3.05, 3.63) is 169 Å². The van der Waals surface area contributed by atoms with Crippen LogP contribution in [0.5, 0.6) is 0 Å². The van der Waals surface area contributed by atoms with E-state index in [1.807, 2.05) is 24.3 Å². The number of rotatable bonds is 3. The Morgan fingerprint density at radius 3 is 1.76 bits per heavy atom. The molecule has 0 saturated carbocycles. The molecule has 10 aromatic rings. The maximum Gasteiger partial charge on any atom is 0.165 e. The average Bonchev–Trinajstić information content (AvgIpc) is 3.76. The number of aromatic nitrogens is 4. The summed E-state index contributed by atoms with van der Waals surface area (Å²) in [4.78, 5) is 10.6. The highest BCUT2D eigenvalue weighted by Gasteiger charge is 2.38. The van der Waals surface area contributed by atoms with Crippen molar-refractivity contribution in [3.63, 3.8) is 0 Å². The molecule has 0 radical (unpaired) electrons. The Bertz CT molecular complexity index is 3050. The Morgan fingerprint density at radius 2 is 1.02 bits per heavy atom. The van der Waals surface area contributed by atoms with Crippen molar-refractivity contribution >= 4 is 54.6 Å². The maximum atomic E-state index is 5.36. The van der Waals surface area contributed by atoms with Crippen molar-refractivity contribution in [1.29, 1.82) is 0 Å². The Kier molecular flexibility index (Phi) is 5.70. The largest absolute Gasteiger partial charge is 0.309 e. The second-order valence-corrected chi connectivity index (χ2v) is 14.2. The van der Waals surface area contributed by atoms with E-state index in [1.165, 1.54) is 60.5 Å². The third kappa shape index (κ3) is 3.85. The molecule has 1 aliphatic rings. The number of fused-ring (bicyclic) bond motifs is 10. The summed E-state index contributed by atoms with van der Waals surface area (Å²) in [5, 5.41) is 4.81. The van der Waals surface area contributed by atoms with Gasteiger partial charge in [0.2, 0.25) is 0 Å². The van der Waals surface area contributed by atoms with Gasteiger partial charge in [0.15, 0.2) is 5.82 Å². The molecule has 4 heteroatoms. The zero-order valence-corrected chi connectivity index (χ0v) is 28.3. The van der Waals surface area contributed by atoms with E-state index in [1.54, 1.807) is 0 Å². The predicted octanol–water partition coefficient (Wildman–Crippen LogP) is 11.8. The number of benzene rings is 7.